The fourth-order valence-electron chi connectivity index (χ4n) is 3.03. The van der Waals surface area contributed by atoms with Crippen molar-refractivity contribution >= 4 is 38.2 Å². The number of hydrogen-bond donors (Lipinski definition) is 2. The lowest BCUT2D eigenvalue weighted by molar-refractivity contribution is 0.0995. The molecule has 0 saturated heterocycles. The van der Waals surface area contributed by atoms with E-state index in [1.54, 1.807) is 36.9 Å². The van der Waals surface area contributed by atoms with Crippen molar-refractivity contribution in [1.29, 1.82) is 0 Å². The van der Waals surface area contributed by atoms with Crippen molar-refractivity contribution in [3.63, 3.8) is 0 Å². The number of anilines is 2. The lowest BCUT2D eigenvalue weighted by atomic mass is 10.1. The number of sulfone groups is 1. The van der Waals surface area contributed by atoms with Crippen molar-refractivity contribution in [3.8, 4) is 0 Å². The molecule has 2 heterocycles. The Hall–Kier alpha value is -3.01. The normalized spacial score (nSPS) is 11.7. The first kappa shape index (κ1) is 19.7. The molecule has 3 rings (SSSR count). The molecule has 0 aliphatic carbocycles. The van der Waals surface area contributed by atoms with Gasteiger partial charge in [-0.3, -0.25) is 4.79 Å². The van der Waals surface area contributed by atoms with Gasteiger partial charge in [-0.15, -0.1) is 10.2 Å². The SMILES string of the molecule is CCCS(=O)(=O)c1cc(C)c2nnc(C(N)=O)c(Nc3ccnn3CC)c2c1. The van der Waals surface area contributed by atoms with Crippen molar-refractivity contribution in [1.82, 2.24) is 20.0 Å². The van der Waals surface area contributed by atoms with Crippen molar-refractivity contribution in [2.45, 2.75) is 38.6 Å². The number of primary amides is 1. The number of fused-ring (bicyclic) bond motifs is 1. The van der Waals surface area contributed by atoms with Crippen LogP contribution in [-0.4, -0.2) is 40.1 Å². The van der Waals surface area contributed by atoms with Gasteiger partial charge >= 0.3 is 0 Å². The molecule has 3 N–H and O–H groups in total. The maximum atomic E-state index is 12.6. The molecule has 10 heteroatoms. The number of aromatic nitrogens is 4. The minimum Gasteiger partial charge on any atom is -0.364 e. The smallest absolute Gasteiger partial charge is 0.271 e. The van der Waals surface area contributed by atoms with Gasteiger partial charge in [0.05, 0.1) is 28.0 Å². The van der Waals surface area contributed by atoms with Crippen LogP contribution in [0.25, 0.3) is 10.9 Å². The monoisotopic (exact) mass is 402 g/mol. The molecule has 0 atom stereocenters. The standard InChI is InChI=1S/C18H22N6O3S/c1-4-8-28(26,27)12-9-11(3)15-13(10-12)16(17(18(19)25)23-22-15)21-14-6-7-20-24(14)5-2/h6-7,9-10H,4-5,8H2,1-3H3,(H2,19,25)(H,21,22). The predicted octanol–water partition coefficient (Wildman–Crippen LogP) is 2.18. The number of benzene rings is 1. The van der Waals surface area contributed by atoms with Gasteiger partial charge in [-0.1, -0.05) is 6.92 Å². The number of hydrogen-bond acceptors (Lipinski definition) is 7. The number of amides is 1. The number of nitrogens with zero attached hydrogens (tertiary/aromatic N) is 4. The zero-order valence-corrected chi connectivity index (χ0v) is 16.7. The van der Waals surface area contributed by atoms with Gasteiger partial charge in [-0.2, -0.15) is 5.10 Å². The zero-order chi connectivity index (χ0) is 20.5. The van der Waals surface area contributed by atoms with Crippen LogP contribution in [0.2, 0.25) is 0 Å². The molecule has 9 nitrogen and oxygen atoms in total. The van der Waals surface area contributed by atoms with Gasteiger partial charge in [0.15, 0.2) is 15.5 Å². The van der Waals surface area contributed by atoms with Crippen molar-refractivity contribution in [3.05, 3.63) is 35.7 Å². The molecule has 3 aromatic rings. The van der Waals surface area contributed by atoms with Crippen molar-refractivity contribution in [2.24, 2.45) is 5.73 Å². The highest BCUT2D eigenvalue weighted by Crippen LogP contribution is 2.32. The Morgan fingerprint density at radius 3 is 2.64 bits per heavy atom. The molecule has 1 amide bonds. The van der Waals surface area contributed by atoms with Crippen LogP contribution >= 0.6 is 0 Å². The van der Waals surface area contributed by atoms with Crippen LogP contribution < -0.4 is 11.1 Å². The second-order valence-electron chi connectivity index (χ2n) is 6.40. The number of nitrogens with one attached hydrogen (secondary N) is 1. The Morgan fingerprint density at radius 2 is 2.00 bits per heavy atom. The molecule has 0 fully saturated rings. The van der Waals surface area contributed by atoms with E-state index in [4.69, 9.17) is 5.73 Å². The van der Waals surface area contributed by atoms with E-state index in [9.17, 15) is 13.2 Å². The predicted molar refractivity (Wildman–Crippen MR) is 106 cm³/mol. The molecule has 0 radical (unpaired) electrons. The first-order valence-electron chi connectivity index (χ1n) is 8.91. The van der Waals surface area contributed by atoms with Crippen LogP contribution in [0.15, 0.2) is 29.3 Å². The minimum absolute atomic E-state index is 0.0322. The third kappa shape index (κ3) is 3.55. The van der Waals surface area contributed by atoms with E-state index < -0.39 is 15.7 Å². The third-order valence-electron chi connectivity index (χ3n) is 4.36. The summed E-state index contributed by atoms with van der Waals surface area (Å²) in [6.07, 6.45) is 2.12. The first-order chi connectivity index (χ1) is 13.3. The van der Waals surface area contributed by atoms with Crippen molar-refractivity contribution < 1.29 is 13.2 Å². The molecule has 0 bridgehead atoms. The van der Waals surface area contributed by atoms with Crippen LogP contribution in [-0.2, 0) is 16.4 Å². The van der Waals surface area contributed by atoms with Gasteiger partial charge in [0, 0.05) is 18.0 Å². The number of carbonyl (C=O) groups is 1. The fourth-order valence-corrected chi connectivity index (χ4v) is 4.46. The van der Waals surface area contributed by atoms with Crippen LogP contribution in [0, 0.1) is 6.92 Å². The lowest BCUT2D eigenvalue weighted by Crippen LogP contribution is -2.18. The van der Waals surface area contributed by atoms with Crippen molar-refractivity contribution in [2.75, 3.05) is 11.1 Å². The molecule has 28 heavy (non-hydrogen) atoms. The van der Waals surface area contributed by atoms with Gasteiger partial charge in [-0.25, -0.2) is 13.1 Å². The van der Waals surface area contributed by atoms with Crippen LogP contribution in [0.3, 0.4) is 0 Å². The highest BCUT2D eigenvalue weighted by molar-refractivity contribution is 7.91. The van der Waals surface area contributed by atoms with E-state index in [0.717, 1.165) is 0 Å². The first-order valence-corrected chi connectivity index (χ1v) is 10.6. The molecule has 0 saturated carbocycles. The quantitative estimate of drug-likeness (QED) is 0.619. The van der Waals surface area contributed by atoms with E-state index in [0.29, 0.717) is 40.9 Å². The Morgan fingerprint density at radius 1 is 1.25 bits per heavy atom. The Balaban J connectivity index is 2.30. The Bertz CT molecular complexity index is 1150. The third-order valence-corrected chi connectivity index (χ3v) is 6.26. The van der Waals surface area contributed by atoms with E-state index in [1.165, 1.54) is 6.07 Å². The van der Waals surface area contributed by atoms with E-state index in [2.05, 4.69) is 20.6 Å². The highest BCUT2D eigenvalue weighted by Gasteiger charge is 2.21. The van der Waals surface area contributed by atoms with Gasteiger partial charge in [0.1, 0.15) is 5.82 Å². The second kappa shape index (κ2) is 7.55. The summed E-state index contributed by atoms with van der Waals surface area (Å²) in [6.45, 7) is 6.09. The number of carbonyl (C=O) groups excluding carboxylic acids is 1. The van der Waals surface area contributed by atoms with Gasteiger partial charge in [0.2, 0.25) is 0 Å². The summed E-state index contributed by atoms with van der Waals surface area (Å²) in [5, 5.41) is 15.8. The summed E-state index contributed by atoms with van der Waals surface area (Å²) in [7, 11) is -3.46. The van der Waals surface area contributed by atoms with E-state index in [1.807, 2.05) is 6.92 Å². The topological polar surface area (TPSA) is 133 Å². The molecule has 0 aliphatic heterocycles. The zero-order valence-electron chi connectivity index (χ0n) is 15.9. The second-order valence-corrected chi connectivity index (χ2v) is 8.51. The van der Waals surface area contributed by atoms with Gasteiger partial charge in [0.25, 0.3) is 5.91 Å². The van der Waals surface area contributed by atoms with Crippen LogP contribution in [0.1, 0.15) is 36.3 Å². The minimum atomic E-state index is -3.46. The van der Waals surface area contributed by atoms with Gasteiger partial charge < -0.3 is 11.1 Å². The van der Waals surface area contributed by atoms with Crippen LogP contribution in [0.5, 0.6) is 0 Å². The molecular formula is C18H22N6O3S. The van der Waals surface area contributed by atoms with E-state index >= 15 is 0 Å². The summed E-state index contributed by atoms with van der Waals surface area (Å²) in [4.78, 5) is 12.1. The lowest BCUT2D eigenvalue weighted by Gasteiger charge is -2.15. The maximum Gasteiger partial charge on any atom is 0.271 e. The molecule has 0 spiro atoms. The highest BCUT2D eigenvalue weighted by atomic mass is 32.2. The Labute approximate surface area is 162 Å². The molecule has 148 valence electrons. The van der Waals surface area contributed by atoms with E-state index in [-0.39, 0.29) is 16.3 Å². The largest absolute Gasteiger partial charge is 0.364 e. The van der Waals surface area contributed by atoms with Gasteiger partial charge in [-0.05, 0) is 38.0 Å². The summed E-state index contributed by atoms with van der Waals surface area (Å²) in [5.41, 5.74) is 6.87. The van der Waals surface area contributed by atoms with Crippen LogP contribution in [0.4, 0.5) is 11.5 Å². The number of rotatable bonds is 7. The number of nitrogens with two attached hydrogens (primary N) is 1. The summed E-state index contributed by atoms with van der Waals surface area (Å²) < 4.78 is 26.9. The summed E-state index contributed by atoms with van der Waals surface area (Å²) in [5.74, 6) is -0.109. The number of aryl methyl sites for hydroxylation is 2. The summed E-state index contributed by atoms with van der Waals surface area (Å²) >= 11 is 0. The average Bonchev–Trinajstić information content (AvgIpc) is 3.09. The summed E-state index contributed by atoms with van der Waals surface area (Å²) in [6, 6.07) is 4.83. The Kier molecular flexibility index (Phi) is 5.32. The maximum absolute atomic E-state index is 12.6. The average molecular weight is 402 g/mol. The molecular weight excluding hydrogens is 380 g/mol. The molecule has 0 aliphatic rings. The molecule has 0 unspecified atom stereocenters. The molecule has 2 aromatic heterocycles. The fraction of sp³-hybridized carbons (Fsp3) is 0.333. The molecule has 1 aromatic carbocycles.